The highest BCUT2D eigenvalue weighted by atomic mass is 32.2. The topological polar surface area (TPSA) is 84.0 Å². The number of sulfonamides is 1. The van der Waals surface area contributed by atoms with Crippen molar-refractivity contribution >= 4 is 33.2 Å². The highest BCUT2D eigenvalue weighted by molar-refractivity contribution is 7.89. The number of rotatable bonds is 5. The second kappa shape index (κ2) is 8.20. The summed E-state index contributed by atoms with van der Waals surface area (Å²) in [5, 5.41) is 0. The highest BCUT2D eigenvalue weighted by Crippen LogP contribution is 2.18. The van der Waals surface area contributed by atoms with Crippen LogP contribution in [0.1, 0.15) is 14.5 Å². The molecule has 0 bridgehead atoms. The van der Waals surface area contributed by atoms with Crippen LogP contribution in [0.3, 0.4) is 0 Å². The summed E-state index contributed by atoms with van der Waals surface area (Å²) in [6, 6.07) is 11.7. The first kappa shape index (κ1) is 19.5. The van der Waals surface area contributed by atoms with Crippen LogP contribution in [-0.2, 0) is 19.6 Å². The van der Waals surface area contributed by atoms with Gasteiger partial charge < -0.3 is 9.64 Å². The fraction of sp³-hybridized carbons (Fsp3) is 0.333. The number of benzene rings is 1. The molecule has 1 saturated heterocycles. The minimum Gasteiger partial charge on any atom is -0.451 e. The molecule has 2 heterocycles. The Balaban J connectivity index is 1.51. The summed E-state index contributed by atoms with van der Waals surface area (Å²) in [6.07, 6.45) is 0. The van der Waals surface area contributed by atoms with E-state index in [1.165, 1.54) is 20.5 Å². The summed E-state index contributed by atoms with van der Waals surface area (Å²) in [7, 11) is -3.56. The Morgan fingerprint density at radius 2 is 1.70 bits per heavy atom. The van der Waals surface area contributed by atoms with Crippen molar-refractivity contribution in [3.8, 4) is 0 Å². The Morgan fingerprint density at radius 3 is 2.30 bits per heavy atom. The number of hydrogen-bond donors (Lipinski definition) is 0. The van der Waals surface area contributed by atoms with Gasteiger partial charge in [-0.25, -0.2) is 13.2 Å². The smallest absolute Gasteiger partial charge is 0.348 e. The number of carbonyl (C=O) groups is 2. The molecule has 1 aliphatic rings. The summed E-state index contributed by atoms with van der Waals surface area (Å²) < 4.78 is 31.6. The Kier molecular flexibility index (Phi) is 5.93. The van der Waals surface area contributed by atoms with Crippen molar-refractivity contribution in [2.75, 3.05) is 32.8 Å². The number of piperazine rings is 1. The van der Waals surface area contributed by atoms with Gasteiger partial charge in [0.15, 0.2) is 6.61 Å². The van der Waals surface area contributed by atoms with E-state index in [2.05, 4.69) is 0 Å². The van der Waals surface area contributed by atoms with Crippen LogP contribution in [0.2, 0.25) is 0 Å². The lowest BCUT2D eigenvalue weighted by atomic mass is 10.3. The largest absolute Gasteiger partial charge is 0.451 e. The van der Waals surface area contributed by atoms with Gasteiger partial charge >= 0.3 is 5.97 Å². The van der Waals surface area contributed by atoms with Gasteiger partial charge in [-0.1, -0.05) is 18.2 Å². The molecule has 7 nitrogen and oxygen atoms in total. The molecular formula is C18H20N2O5S2. The van der Waals surface area contributed by atoms with Crippen LogP contribution in [0.5, 0.6) is 0 Å². The van der Waals surface area contributed by atoms with E-state index in [0.29, 0.717) is 4.88 Å². The van der Waals surface area contributed by atoms with Crippen LogP contribution in [-0.4, -0.2) is 62.3 Å². The molecule has 1 aliphatic heterocycles. The first-order valence-electron chi connectivity index (χ1n) is 8.44. The monoisotopic (exact) mass is 408 g/mol. The third kappa shape index (κ3) is 4.55. The molecule has 0 saturated carbocycles. The highest BCUT2D eigenvalue weighted by Gasteiger charge is 2.30. The molecule has 0 atom stereocenters. The second-order valence-electron chi connectivity index (χ2n) is 6.08. The predicted molar refractivity (Wildman–Crippen MR) is 101 cm³/mol. The van der Waals surface area contributed by atoms with Crippen molar-refractivity contribution in [2.45, 2.75) is 11.8 Å². The molecule has 0 unspecified atom stereocenters. The minimum absolute atomic E-state index is 0.209. The molecule has 0 radical (unpaired) electrons. The van der Waals surface area contributed by atoms with E-state index in [1.807, 2.05) is 13.0 Å². The number of nitrogens with zero attached hydrogens (tertiary/aromatic N) is 2. The number of esters is 1. The maximum absolute atomic E-state index is 12.6. The normalized spacial score (nSPS) is 15.5. The fourth-order valence-electron chi connectivity index (χ4n) is 2.75. The standard InChI is InChI=1S/C18H20N2O5S2/c1-14-7-8-16(26-14)18(22)25-13-17(21)19-9-11-20(12-10-19)27(23,24)15-5-3-2-4-6-15/h2-8H,9-13H2,1H3. The molecular weight excluding hydrogens is 388 g/mol. The first-order valence-corrected chi connectivity index (χ1v) is 10.7. The third-order valence-corrected chi connectivity index (χ3v) is 7.13. The molecule has 1 fully saturated rings. The van der Waals surface area contributed by atoms with Crippen LogP contribution >= 0.6 is 11.3 Å². The van der Waals surface area contributed by atoms with Crippen molar-refractivity contribution in [3.05, 3.63) is 52.2 Å². The molecule has 1 aromatic carbocycles. The zero-order valence-electron chi connectivity index (χ0n) is 14.8. The molecule has 0 aliphatic carbocycles. The number of aryl methyl sites for hydroxylation is 1. The molecule has 3 rings (SSSR count). The van der Waals surface area contributed by atoms with Crippen LogP contribution in [0.25, 0.3) is 0 Å². The van der Waals surface area contributed by atoms with Crippen LogP contribution < -0.4 is 0 Å². The number of carbonyl (C=O) groups excluding carboxylic acids is 2. The zero-order chi connectivity index (χ0) is 19.4. The van der Waals surface area contributed by atoms with Crippen molar-refractivity contribution in [1.29, 1.82) is 0 Å². The first-order chi connectivity index (χ1) is 12.9. The van der Waals surface area contributed by atoms with Gasteiger partial charge in [0, 0.05) is 31.1 Å². The van der Waals surface area contributed by atoms with Gasteiger partial charge in [-0.15, -0.1) is 11.3 Å². The molecule has 1 aromatic heterocycles. The van der Waals surface area contributed by atoms with Gasteiger partial charge in [0.2, 0.25) is 10.0 Å². The van der Waals surface area contributed by atoms with Crippen LogP contribution in [0, 0.1) is 6.92 Å². The molecule has 2 aromatic rings. The quantitative estimate of drug-likeness (QED) is 0.704. The predicted octanol–water partition coefficient (Wildman–Crippen LogP) is 1.75. The Bertz CT molecular complexity index is 916. The van der Waals surface area contributed by atoms with E-state index < -0.39 is 16.0 Å². The third-order valence-electron chi connectivity index (χ3n) is 4.24. The van der Waals surface area contributed by atoms with E-state index in [0.717, 1.165) is 4.88 Å². The van der Waals surface area contributed by atoms with Crippen LogP contribution in [0.4, 0.5) is 0 Å². The average molecular weight is 409 g/mol. The zero-order valence-corrected chi connectivity index (χ0v) is 16.5. The second-order valence-corrected chi connectivity index (χ2v) is 9.31. The van der Waals surface area contributed by atoms with E-state index in [9.17, 15) is 18.0 Å². The van der Waals surface area contributed by atoms with E-state index in [4.69, 9.17) is 4.74 Å². The van der Waals surface area contributed by atoms with E-state index in [-0.39, 0.29) is 43.6 Å². The molecule has 0 N–H and O–H groups in total. The Morgan fingerprint density at radius 1 is 1.04 bits per heavy atom. The molecule has 9 heteroatoms. The number of thiophene rings is 1. The van der Waals surface area contributed by atoms with Crippen molar-refractivity contribution in [2.24, 2.45) is 0 Å². The van der Waals surface area contributed by atoms with Gasteiger partial charge in [-0.3, -0.25) is 4.79 Å². The molecule has 27 heavy (non-hydrogen) atoms. The summed E-state index contributed by atoms with van der Waals surface area (Å²) in [5.74, 6) is -0.847. The number of amides is 1. The summed E-state index contributed by atoms with van der Waals surface area (Å²) >= 11 is 1.31. The Hall–Kier alpha value is -2.23. The maximum Gasteiger partial charge on any atom is 0.348 e. The van der Waals surface area contributed by atoms with E-state index in [1.54, 1.807) is 36.4 Å². The maximum atomic E-state index is 12.6. The van der Waals surface area contributed by atoms with Gasteiger partial charge in [-0.05, 0) is 31.2 Å². The van der Waals surface area contributed by atoms with Crippen molar-refractivity contribution in [1.82, 2.24) is 9.21 Å². The lowest BCUT2D eigenvalue weighted by Crippen LogP contribution is -2.51. The lowest BCUT2D eigenvalue weighted by Gasteiger charge is -2.33. The van der Waals surface area contributed by atoms with Crippen LogP contribution in [0.15, 0.2) is 47.4 Å². The average Bonchev–Trinajstić information content (AvgIpc) is 3.13. The van der Waals surface area contributed by atoms with Gasteiger partial charge in [-0.2, -0.15) is 4.31 Å². The fourth-order valence-corrected chi connectivity index (χ4v) is 4.96. The lowest BCUT2D eigenvalue weighted by molar-refractivity contribution is -0.135. The summed E-state index contributed by atoms with van der Waals surface area (Å²) in [6.45, 7) is 2.49. The van der Waals surface area contributed by atoms with Gasteiger partial charge in [0.05, 0.1) is 4.90 Å². The van der Waals surface area contributed by atoms with E-state index >= 15 is 0 Å². The molecule has 0 spiro atoms. The summed E-state index contributed by atoms with van der Waals surface area (Å²) in [5.41, 5.74) is 0. The van der Waals surface area contributed by atoms with Crippen molar-refractivity contribution < 1.29 is 22.7 Å². The van der Waals surface area contributed by atoms with Gasteiger partial charge in [0.1, 0.15) is 4.88 Å². The Labute approximate surface area is 162 Å². The minimum atomic E-state index is -3.56. The number of ether oxygens (including phenoxy) is 1. The number of hydrogen-bond acceptors (Lipinski definition) is 6. The van der Waals surface area contributed by atoms with Gasteiger partial charge in [0.25, 0.3) is 5.91 Å². The molecule has 1 amide bonds. The summed E-state index contributed by atoms with van der Waals surface area (Å²) in [4.78, 5) is 27.4. The van der Waals surface area contributed by atoms with Crippen molar-refractivity contribution in [3.63, 3.8) is 0 Å². The molecule has 144 valence electrons. The SMILES string of the molecule is Cc1ccc(C(=O)OCC(=O)N2CCN(S(=O)(=O)c3ccccc3)CC2)s1.